The Kier molecular flexibility index (Phi) is 5.17. The Balaban J connectivity index is 2.94. The van der Waals surface area contributed by atoms with E-state index in [-0.39, 0.29) is 24.0 Å². The molecule has 0 N–H and O–H groups in total. The van der Waals surface area contributed by atoms with Crippen LogP contribution in [-0.4, -0.2) is 16.5 Å². The van der Waals surface area contributed by atoms with Crippen molar-refractivity contribution in [2.45, 2.75) is 53.8 Å². The molecule has 0 atom stereocenters. The van der Waals surface area contributed by atoms with Crippen molar-refractivity contribution in [1.29, 1.82) is 0 Å². The lowest BCUT2D eigenvalue weighted by Crippen LogP contribution is -2.23. The molecule has 0 heterocycles. The molecule has 0 aromatic heterocycles. The maximum absolute atomic E-state index is 11.7. The van der Waals surface area contributed by atoms with Gasteiger partial charge in [-0.15, -0.1) is 0 Å². The number of carbonyl (C=O) groups excluding carboxylic acids is 1. The largest absolute Gasteiger partial charge is 0.481 e. The minimum Gasteiger partial charge on any atom is -0.481 e. The van der Waals surface area contributed by atoms with Crippen LogP contribution in [0.5, 0.6) is 5.75 Å². The van der Waals surface area contributed by atoms with Gasteiger partial charge in [0.15, 0.2) is 5.75 Å². The third-order valence-electron chi connectivity index (χ3n) is 2.62. The Hall–Kier alpha value is -2.11. The molecule has 0 fully saturated rings. The second-order valence-corrected chi connectivity index (χ2v) is 7.10. The summed E-state index contributed by atoms with van der Waals surface area (Å²) in [5.74, 6) is -0.159. The van der Waals surface area contributed by atoms with Gasteiger partial charge >= 0.3 is 11.7 Å². The highest BCUT2D eigenvalue weighted by Gasteiger charge is 2.24. The fourth-order valence-corrected chi connectivity index (χ4v) is 1.58. The normalized spacial score (nSPS) is 11.9. The molecule has 0 unspecified atom stereocenters. The molecule has 0 amide bonds. The molecule has 0 saturated carbocycles. The standard InChI is InChI=1S/C16H23NO5/c1-15(2,3)14(18)21-10-11-7-8-13(22-16(4,5)6)12(9-11)17(19)20/h7-9H,10H2,1-6H3. The minimum absolute atomic E-state index is 0.00720. The van der Waals surface area contributed by atoms with Gasteiger partial charge in [-0.1, -0.05) is 6.07 Å². The summed E-state index contributed by atoms with van der Waals surface area (Å²) in [6.45, 7) is 10.7. The van der Waals surface area contributed by atoms with Crippen LogP contribution in [0.25, 0.3) is 0 Å². The van der Waals surface area contributed by atoms with Gasteiger partial charge in [0, 0.05) is 6.07 Å². The van der Waals surface area contributed by atoms with Crippen LogP contribution in [0, 0.1) is 15.5 Å². The van der Waals surface area contributed by atoms with E-state index in [2.05, 4.69) is 0 Å². The van der Waals surface area contributed by atoms with Gasteiger partial charge in [0.1, 0.15) is 12.2 Å². The van der Waals surface area contributed by atoms with Crippen LogP contribution >= 0.6 is 0 Å². The number of nitro groups is 1. The zero-order valence-electron chi connectivity index (χ0n) is 13.9. The first kappa shape index (κ1) is 17.9. The molecule has 0 aliphatic heterocycles. The highest BCUT2D eigenvalue weighted by molar-refractivity contribution is 5.75. The zero-order valence-corrected chi connectivity index (χ0v) is 13.9. The van der Waals surface area contributed by atoms with Gasteiger partial charge < -0.3 is 9.47 Å². The molecule has 1 rings (SSSR count). The van der Waals surface area contributed by atoms with Gasteiger partial charge in [-0.3, -0.25) is 14.9 Å². The molecule has 0 spiro atoms. The summed E-state index contributed by atoms with van der Waals surface area (Å²) >= 11 is 0. The number of carbonyl (C=O) groups is 1. The van der Waals surface area contributed by atoms with Crippen molar-refractivity contribution in [3.8, 4) is 5.75 Å². The van der Waals surface area contributed by atoms with Gasteiger partial charge in [0.2, 0.25) is 0 Å². The van der Waals surface area contributed by atoms with Crippen molar-refractivity contribution in [2.24, 2.45) is 5.41 Å². The summed E-state index contributed by atoms with van der Waals surface area (Å²) in [4.78, 5) is 22.4. The van der Waals surface area contributed by atoms with Gasteiger partial charge in [-0.05, 0) is 53.2 Å². The molecule has 6 nitrogen and oxygen atoms in total. The summed E-state index contributed by atoms with van der Waals surface area (Å²) in [6.07, 6.45) is 0. The predicted octanol–water partition coefficient (Wildman–Crippen LogP) is 3.86. The van der Waals surface area contributed by atoms with Crippen molar-refractivity contribution in [2.75, 3.05) is 0 Å². The average Bonchev–Trinajstić information content (AvgIpc) is 2.33. The molecule has 1 aromatic rings. The summed E-state index contributed by atoms with van der Waals surface area (Å²) in [5, 5.41) is 11.2. The van der Waals surface area contributed by atoms with E-state index in [0.717, 1.165) is 0 Å². The number of nitro benzene ring substituents is 1. The number of rotatable bonds is 4. The van der Waals surface area contributed by atoms with Crippen LogP contribution in [0.15, 0.2) is 18.2 Å². The number of hydrogen-bond acceptors (Lipinski definition) is 5. The fraction of sp³-hybridized carbons (Fsp3) is 0.562. The third-order valence-corrected chi connectivity index (χ3v) is 2.62. The Morgan fingerprint density at radius 1 is 1.18 bits per heavy atom. The van der Waals surface area contributed by atoms with E-state index in [1.54, 1.807) is 26.8 Å². The van der Waals surface area contributed by atoms with E-state index in [4.69, 9.17) is 9.47 Å². The van der Waals surface area contributed by atoms with E-state index in [1.807, 2.05) is 20.8 Å². The van der Waals surface area contributed by atoms with Crippen LogP contribution < -0.4 is 4.74 Å². The van der Waals surface area contributed by atoms with Gasteiger partial charge in [-0.2, -0.15) is 0 Å². The van der Waals surface area contributed by atoms with E-state index in [9.17, 15) is 14.9 Å². The van der Waals surface area contributed by atoms with Crippen LogP contribution in [0.4, 0.5) is 5.69 Å². The van der Waals surface area contributed by atoms with Gasteiger partial charge in [0.05, 0.1) is 10.3 Å². The van der Waals surface area contributed by atoms with Crippen LogP contribution in [0.3, 0.4) is 0 Å². The SMILES string of the molecule is CC(C)(C)Oc1ccc(COC(=O)C(C)(C)C)cc1[N+](=O)[O-]. The lowest BCUT2D eigenvalue weighted by Gasteiger charge is -2.21. The van der Waals surface area contributed by atoms with Crippen LogP contribution in [0.2, 0.25) is 0 Å². The Morgan fingerprint density at radius 3 is 2.23 bits per heavy atom. The van der Waals surface area contributed by atoms with Crippen molar-refractivity contribution in [3.05, 3.63) is 33.9 Å². The molecule has 122 valence electrons. The number of benzene rings is 1. The highest BCUT2D eigenvalue weighted by atomic mass is 16.6. The molecule has 1 aromatic carbocycles. The average molecular weight is 309 g/mol. The number of ether oxygens (including phenoxy) is 2. The summed E-state index contributed by atoms with van der Waals surface area (Å²) in [5.41, 5.74) is -0.739. The highest BCUT2D eigenvalue weighted by Crippen LogP contribution is 2.31. The Labute approximate surface area is 130 Å². The summed E-state index contributed by atoms with van der Waals surface area (Å²) < 4.78 is 10.7. The first-order chi connectivity index (χ1) is 9.90. The maximum Gasteiger partial charge on any atom is 0.311 e. The molecular formula is C16H23NO5. The minimum atomic E-state index is -0.610. The molecule has 22 heavy (non-hydrogen) atoms. The molecular weight excluding hydrogens is 286 g/mol. The zero-order chi connectivity index (χ0) is 17.1. The summed E-state index contributed by atoms with van der Waals surface area (Å²) in [6, 6.07) is 4.56. The Morgan fingerprint density at radius 2 is 1.77 bits per heavy atom. The third kappa shape index (κ3) is 5.35. The molecule has 0 bridgehead atoms. The van der Waals surface area contributed by atoms with Crippen molar-refractivity contribution in [3.63, 3.8) is 0 Å². The first-order valence-corrected chi connectivity index (χ1v) is 7.04. The predicted molar refractivity (Wildman–Crippen MR) is 82.7 cm³/mol. The van der Waals surface area contributed by atoms with Gasteiger partial charge in [-0.25, -0.2) is 0 Å². The van der Waals surface area contributed by atoms with Crippen molar-refractivity contribution in [1.82, 2.24) is 0 Å². The smallest absolute Gasteiger partial charge is 0.311 e. The number of hydrogen-bond donors (Lipinski definition) is 0. The molecule has 0 radical (unpaired) electrons. The quantitative estimate of drug-likeness (QED) is 0.479. The Bertz CT molecular complexity index is 567. The molecule has 0 aliphatic carbocycles. The first-order valence-electron chi connectivity index (χ1n) is 7.04. The lowest BCUT2D eigenvalue weighted by atomic mass is 9.97. The second kappa shape index (κ2) is 6.34. The molecule has 0 saturated heterocycles. The molecule has 6 heteroatoms. The topological polar surface area (TPSA) is 78.7 Å². The van der Waals surface area contributed by atoms with Crippen molar-refractivity contribution < 1.29 is 19.2 Å². The summed E-state index contributed by atoms with van der Waals surface area (Å²) in [7, 11) is 0. The monoisotopic (exact) mass is 309 g/mol. The molecule has 0 aliphatic rings. The van der Waals surface area contributed by atoms with E-state index in [0.29, 0.717) is 5.56 Å². The van der Waals surface area contributed by atoms with E-state index >= 15 is 0 Å². The second-order valence-electron chi connectivity index (χ2n) is 7.10. The lowest BCUT2D eigenvalue weighted by molar-refractivity contribution is -0.386. The van der Waals surface area contributed by atoms with E-state index < -0.39 is 15.9 Å². The van der Waals surface area contributed by atoms with E-state index in [1.165, 1.54) is 12.1 Å². The number of nitrogens with zero attached hydrogens (tertiary/aromatic N) is 1. The van der Waals surface area contributed by atoms with Crippen LogP contribution in [-0.2, 0) is 16.1 Å². The van der Waals surface area contributed by atoms with Crippen LogP contribution in [0.1, 0.15) is 47.1 Å². The maximum atomic E-state index is 11.7. The fourth-order valence-electron chi connectivity index (χ4n) is 1.58. The number of esters is 1. The van der Waals surface area contributed by atoms with Crippen molar-refractivity contribution >= 4 is 11.7 Å². The van der Waals surface area contributed by atoms with Gasteiger partial charge in [0.25, 0.3) is 0 Å².